The van der Waals surface area contributed by atoms with Crippen LogP contribution in [0.25, 0.3) is 0 Å². The van der Waals surface area contributed by atoms with Crippen molar-refractivity contribution < 1.29 is 28.8 Å². The lowest BCUT2D eigenvalue weighted by Gasteiger charge is -2.26. The van der Waals surface area contributed by atoms with Crippen LogP contribution in [-0.2, 0) is 36.8 Å². The molecule has 1 aliphatic rings. The standard InChI is InChI=1S/C31H41N7O6/c1-18(2)14-24-30(43)34-13-12-23(37-28(41)22(32)15-20-8-10-21(11-9-20)27(33)40)29(42)35-17-26(39)36-25(31(44)38-24)16-19-6-4-3-5-7-19/h3-11,18,22-25H,12-17,32H2,1-2H3,(H2,33,40)(H,34,43)(H,35,42)(H,36,39)(H,37,41)(H,38,44)/t22-,23+,24-,25?/m0/s1. The molecular formula is C31H41N7O6. The smallest absolute Gasteiger partial charge is 0.248 e. The number of carbonyl (C=O) groups excluding carboxylic acids is 6. The van der Waals surface area contributed by atoms with Gasteiger partial charge in [-0.2, -0.15) is 0 Å². The van der Waals surface area contributed by atoms with Crippen molar-refractivity contribution in [2.75, 3.05) is 13.1 Å². The van der Waals surface area contributed by atoms with Gasteiger partial charge >= 0.3 is 0 Å². The second-order valence-corrected chi connectivity index (χ2v) is 11.2. The average molecular weight is 608 g/mol. The van der Waals surface area contributed by atoms with Gasteiger partial charge in [-0.15, -0.1) is 0 Å². The number of nitrogens with two attached hydrogens (primary N) is 2. The SMILES string of the molecule is CC(C)C[C@@H]1NC(=O)C(Cc2ccccc2)NC(=O)CNC(=O)[C@H](NC(=O)[C@@H](N)Cc2ccc(C(N)=O)cc2)CCNC1=O. The minimum atomic E-state index is -1.11. The zero-order chi connectivity index (χ0) is 32.2. The predicted molar refractivity (Wildman–Crippen MR) is 163 cm³/mol. The predicted octanol–water partition coefficient (Wildman–Crippen LogP) is -0.965. The van der Waals surface area contributed by atoms with E-state index in [-0.39, 0.29) is 31.7 Å². The number of benzene rings is 2. The van der Waals surface area contributed by atoms with Crippen LogP contribution in [-0.4, -0.2) is 72.7 Å². The molecule has 1 heterocycles. The molecule has 4 atom stereocenters. The maximum atomic E-state index is 13.3. The number of primary amides is 1. The maximum Gasteiger partial charge on any atom is 0.248 e. The van der Waals surface area contributed by atoms with Gasteiger partial charge in [-0.1, -0.05) is 56.3 Å². The fourth-order valence-electron chi connectivity index (χ4n) is 4.73. The summed E-state index contributed by atoms with van der Waals surface area (Å²) in [6, 6.07) is 11.4. The van der Waals surface area contributed by atoms with E-state index < -0.39 is 66.2 Å². The second kappa shape index (κ2) is 16.2. The van der Waals surface area contributed by atoms with Gasteiger partial charge in [0, 0.05) is 18.5 Å². The molecule has 0 aromatic heterocycles. The molecule has 0 spiro atoms. The summed E-state index contributed by atoms with van der Waals surface area (Å²) in [7, 11) is 0. The van der Waals surface area contributed by atoms with Crippen molar-refractivity contribution in [3.8, 4) is 0 Å². The number of nitrogens with one attached hydrogen (secondary N) is 5. The highest BCUT2D eigenvalue weighted by molar-refractivity contribution is 5.95. The quantitative estimate of drug-likeness (QED) is 0.189. The van der Waals surface area contributed by atoms with E-state index in [4.69, 9.17) is 11.5 Å². The normalized spacial score (nSPS) is 20.8. The molecule has 1 unspecified atom stereocenters. The molecule has 236 valence electrons. The van der Waals surface area contributed by atoms with E-state index in [1.54, 1.807) is 12.1 Å². The molecule has 2 aromatic carbocycles. The van der Waals surface area contributed by atoms with Crippen molar-refractivity contribution in [2.45, 2.75) is 63.7 Å². The molecule has 44 heavy (non-hydrogen) atoms. The number of hydrogen-bond donors (Lipinski definition) is 7. The second-order valence-electron chi connectivity index (χ2n) is 11.2. The first kappa shape index (κ1) is 33.7. The van der Waals surface area contributed by atoms with Gasteiger partial charge < -0.3 is 38.1 Å². The van der Waals surface area contributed by atoms with Crippen LogP contribution in [0, 0.1) is 5.92 Å². The van der Waals surface area contributed by atoms with Crippen LogP contribution >= 0.6 is 0 Å². The van der Waals surface area contributed by atoms with E-state index in [0.717, 1.165) is 5.56 Å². The summed E-state index contributed by atoms with van der Waals surface area (Å²) in [5, 5.41) is 13.3. The molecule has 0 aliphatic carbocycles. The van der Waals surface area contributed by atoms with Crippen LogP contribution < -0.4 is 38.1 Å². The molecule has 1 saturated heterocycles. The first-order chi connectivity index (χ1) is 20.9. The van der Waals surface area contributed by atoms with Crippen LogP contribution in [0.4, 0.5) is 0 Å². The van der Waals surface area contributed by atoms with Gasteiger partial charge in [0.15, 0.2) is 0 Å². The maximum absolute atomic E-state index is 13.3. The summed E-state index contributed by atoms with van der Waals surface area (Å²) in [4.78, 5) is 76.6. The molecular weight excluding hydrogens is 566 g/mol. The van der Waals surface area contributed by atoms with Gasteiger partial charge in [0.25, 0.3) is 0 Å². The molecule has 0 radical (unpaired) electrons. The van der Waals surface area contributed by atoms with E-state index in [0.29, 0.717) is 17.5 Å². The molecule has 9 N–H and O–H groups in total. The van der Waals surface area contributed by atoms with Crippen LogP contribution in [0.3, 0.4) is 0 Å². The summed E-state index contributed by atoms with van der Waals surface area (Å²) in [5.41, 5.74) is 13.2. The molecule has 0 saturated carbocycles. The first-order valence-electron chi connectivity index (χ1n) is 14.6. The van der Waals surface area contributed by atoms with Gasteiger partial charge in [-0.25, -0.2) is 0 Å². The first-order valence-corrected chi connectivity index (χ1v) is 14.6. The minimum Gasteiger partial charge on any atom is -0.366 e. The van der Waals surface area contributed by atoms with Gasteiger partial charge in [0.2, 0.25) is 35.4 Å². The molecule has 6 amide bonds. The van der Waals surface area contributed by atoms with Crippen LogP contribution in [0.1, 0.15) is 48.2 Å². The third-order valence-electron chi connectivity index (χ3n) is 7.09. The lowest BCUT2D eigenvalue weighted by atomic mass is 10.0. The lowest BCUT2D eigenvalue weighted by Crippen LogP contribution is -2.58. The summed E-state index contributed by atoms with van der Waals surface area (Å²) in [5.74, 6) is -3.36. The number of rotatable bonds is 9. The molecule has 13 heteroatoms. The lowest BCUT2D eigenvalue weighted by molar-refractivity contribution is -0.133. The molecule has 1 fully saturated rings. The van der Waals surface area contributed by atoms with Crippen molar-refractivity contribution >= 4 is 35.4 Å². The highest BCUT2D eigenvalue weighted by atomic mass is 16.2. The Balaban J connectivity index is 1.74. The Morgan fingerprint density at radius 3 is 2.18 bits per heavy atom. The molecule has 1 aliphatic heterocycles. The Hall–Kier alpha value is -4.78. The monoisotopic (exact) mass is 607 g/mol. The fraction of sp³-hybridized carbons (Fsp3) is 0.419. The van der Waals surface area contributed by atoms with Crippen LogP contribution in [0.15, 0.2) is 54.6 Å². The third kappa shape index (κ3) is 10.5. The Morgan fingerprint density at radius 1 is 0.864 bits per heavy atom. The summed E-state index contributed by atoms with van der Waals surface area (Å²) < 4.78 is 0. The van der Waals surface area contributed by atoms with Gasteiger partial charge in [0.1, 0.15) is 18.1 Å². The van der Waals surface area contributed by atoms with Crippen molar-refractivity contribution in [2.24, 2.45) is 17.4 Å². The minimum absolute atomic E-state index is 0.00391. The van der Waals surface area contributed by atoms with Crippen molar-refractivity contribution in [3.05, 3.63) is 71.3 Å². The van der Waals surface area contributed by atoms with E-state index in [9.17, 15) is 28.8 Å². The molecule has 3 rings (SSSR count). The van der Waals surface area contributed by atoms with E-state index in [2.05, 4.69) is 26.6 Å². The average Bonchev–Trinajstić information content (AvgIpc) is 2.98. The summed E-state index contributed by atoms with van der Waals surface area (Å²) in [6.07, 6.45) is 0.644. The van der Waals surface area contributed by atoms with Crippen molar-refractivity contribution in [1.82, 2.24) is 26.6 Å². The summed E-state index contributed by atoms with van der Waals surface area (Å²) in [6.45, 7) is 3.40. The Kier molecular flexibility index (Phi) is 12.4. The van der Waals surface area contributed by atoms with Crippen LogP contribution in [0.5, 0.6) is 0 Å². The van der Waals surface area contributed by atoms with Crippen LogP contribution in [0.2, 0.25) is 0 Å². The number of hydrogen-bond acceptors (Lipinski definition) is 7. The van der Waals surface area contributed by atoms with Gasteiger partial charge in [-0.3, -0.25) is 28.8 Å². The van der Waals surface area contributed by atoms with Crippen molar-refractivity contribution in [1.29, 1.82) is 0 Å². The summed E-state index contributed by atoms with van der Waals surface area (Å²) >= 11 is 0. The van der Waals surface area contributed by atoms with E-state index in [1.165, 1.54) is 12.1 Å². The number of amides is 6. The molecule has 2 aromatic rings. The van der Waals surface area contributed by atoms with E-state index >= 15 is 0 Å². The van der Waals surface area contributed by atoms with E-state index in [1.807, 2.05) is 44.2 Å². The van der Waals surface area contributed by atoms with Gasteiger partial charge in [0.05, 0.1) is 12.6 Å². The topological polar surface area (TPSA) is 215 Å². The third-order valence-corrected chi connectivity index (χ3v) is 7.09. The Morgan fingerprint density at radius 2 is 1.55 bits per heavy atom. The Labute approximate surface area is 256 Å². The van der Waals surface area contributed by atoms with Crippen molar-refractivity contribution in [3.63, 3.8) is 0 Å². The highest BCUT2D eigenvalue weighted by Crippen LogP contribution is 2.10. The zero-order valence-electron chi connectivity index (χ0n) is 24.9. The fourth-order valence-corrected chi connectivity index (χ4v) is 4.73. The zero-order valence-corrected chi connectivity index (χ0v) is 24.9. The van der Waals surface area contributed by atoms with Gasteiger partial charge in [-0.05, 0) is 48.4 Å². The Bertz CT molecular complexity index is 1330. The highest BCUT2D eigenvalue weighted by Gasteiger charge is 2.30. The molecule has 13 nitrogen and oxygen atoms in total. The number of carbonyl (C=O) groups is 6. The largest absolute Gasteiger partial charge is 0.366 e. The molecule has 0 bridgehead atoms.